The third-order valence-corrected chi connectivity index (χ3v) is 4.24. The summed E-state index contributed by atoms with van der Waals surface area (Å²) in [5, 5.41) is 7.22. The van der Waals surface area contributed by atoms with E-state index in [-0.39, 0.29) is 36.2 Å². The molecule has 9 heteroatoms. The number of halogens is 3. The van der Waals surface area contributed by atoms with Crippen LogP contribution in [0.15, 0.2) is 50.5 Å². The molecule has 1 amide bonds. The van der Waals surface area contributed by atoms with E-state index in [9.17, 15) is 18.0 Å². The maximum Gasteiger partial charge on any atom is 0.449 e. The third-order valence-electron chi connectivity index (χ3n) is 4.24. The lowest BCUT2D eigenvalue weighted by Crippen LogP contribution is -2.28. The molecule has 2 aliphatic heterocycles. The summed E-state index contributed by atoms with van der Waals surface area (Å²) in [6, 6.07) is 1.33. The molecule has 0 spiro atoms. The van der Waals surface area contributed by atoms with E-state index in [4.69, 9.17) is 4.42 Å². The highest BCUT2D eigenvalue weighted by Crippen LogP contribution is 2.34. The number of carbonyl (C=O) groups is 1. The first-order chi connectivity index (χ1) is 13.3. The first-order valence-electron chi connectivity index (χ1n) is 8.41. The second kappa shape index (κ2) is 6.61. The van der Waals surface area contributed by atoms with Crippen LogP contribution in [0.25, 0.3) is 5.32 Å². The molecule has 0 radical (unpaired) electrons. The number of hydrogen-bond acceptors (Lipinski definition) is 3. The van der Waals surface area contributed by atoms with E-state index in [1.54, 1.807) is 24.6 Å². The molecule has 0 atom stereocenters. The number of aliphatic imine (C=N–C) groups is 1. The van der Waals surface area contributed by atoms with Crippen molar-refractivity contribution in [2.45, 2.75) is 26.1 Å². The minimum absolute atomic E-state index is 0.0332. The van der Waals surface area contributed by atoms with Gasteiger partial charge in [0.25, 0.3) is 11.9 Å². The molecule has 1 N–H and O–H groups in total. The van der Waals surface area contributed by atoms with Crippen LogP contribution in [0, 0.1) is 13.3 Å². The van der Waals surface area contributed by atoms with Crippen LogP contribution < -0.4 is 9.98 Å². The molecule has 1 aliphatic carbocycles. The Hall–Kier alpha value is -3.45. The summed E-state index contributed by atoms with van der Waals surface area (Å²) in [5.41, 5.74) is 2.28. The number of nitrogens with zero attached hydrogens (tertiary/aromatic N) is 3. The van der Waals surface area contributed by atoms with Gasteiger partial charge in [0, 0.05) is 24.1 Å². The quantitative estimate of drug-likeness (QED) is 0.626. The van der Waals surface area contributed by atoms with Gasteiger partial charge in [0.05, 0.1) is 30.9 Å². The summed E-state index contributed by atoms with van der Waals surface area (Å²) in [5.74, 6) is -1.03. The van der Waals surface area contributed by atoms with Crippen LogP contribution in [0.1, 0.15) is 23.5 Å². The summed E-state index contributed by atoms with van der Waals surface area (Å²) < 4.78 is 48.1. The van der Waals surface area contributed by atoms with E-state index in [1.807, 2.05) is 0 Å². The highest BCUT2D eigenvalue weighted by molar-refractivity contribution is 6.21. The van der Waals surface area contributed by atoms with Crippen molar-refractivity contribution in [2.75, 3.05) is 0 Å². The van der Waals surface area contributed by atoms with Gasteiger partial charge < -0.3 is 14.4 Å². The maximum absolute atomic E-state index is 13.1. The first kappa shape index (κ1) is 17.9. The molecule has 6 nitrogen and oxygen atoms in total. The zero-order chi connectivity index (χ0) is 19.9. The number of fused-ring (bicyclic) bond motifs is 2. The average molecular weight is 387 g/mol. The molecule has 142 valence electrons. The van der Waals surface area contributed by atoms with Crippen molar-refractivity contribution in [3.63, 3.8) is 0 Å². The molecule has 0 aromatic carbocycles. The highest BCUT2D eigenvalue weighted by atomic mass is 19.4. The number of allylic oxidation sites excluding steroid dienone is 4. The van der Waals surface area contributed by atoms with Gasteiger partial charge in [0.15, 0.2) is 5.71 Å². The van der Waals surface area contributed by atoms with E-state index in [0.717, 1.165) is 0 Å². The van der Waals surface area contributed by atoms with Crippen LogP contribution in [0.4, 0.5) is 13.2 Å². The third kappa shape index (κ3) is 3.39. The van der Waals surface area contributed by atoms with Crippen molar-refractivity contribution < 1.29 is 22.4 Å². The minimum atomic E-state index is -4.58. The Balaban J connectivity index is 1.56. The number of rotatable bonds is 2. The van der Waals surface area contributed by atoms with Crippen molar-refractivity contribution in [3.8, 4) is 0 Å². The SMILES string of the molecule is Cc1cc(CNC2=[N+]=CC3=C([N-]2)C2=C[CH+]C=CC2=NC(=O)C3)c(C(F)(F)F)o1. The van der Waals surface area contributed by atoms with Crippen molar-refractivity contribution in [1.82, 2.24) is 9.98 Å². The predicted octanol–water partition coefficient (Wildman–Crippen LogP) is 2.90. The molecule has 3 aliphatic rings. The van der Waals surface area contributed by atoms with Gasteiger partial charge in [-0.2, -0.15) is 23.5 Å². The predicted molar refractivity (Wildman–Crippen MR) is 97.5 cm³/mol. The fraction of sp³-hybridized carbons (Fsp3) is 0.211. The number of nitrogens with one attached hydrogen (secondary N) is 1. The van der Waals surface area contributed by atoms with Gasteiger partial charge in [-0.05, 0) is 13.0 Å². The average Bonchev–Trinajstić information content (AvgIpc) is 2.95. The van der Waals surface area contributed by atoms with Crippen LogP contribution in [-0.4, -0.2) is 23.8 Å². The fourth-order valence-electron chi connectivity index (χ4n) is 3.08. The van der Waals surface area contributed by atoms with E-state index in [0.29, 0.717) is 22.6 Å². The van der Waals surface area contributed by atoms with Crippen molar-refractivity contribution in [3.05, 3.63) is 70.0 Å². The van der Waals surface area contributed by atoms with Crippen molar-refractivity contribution >= 4 is 23.8 Å². The normalized spacial score (nSPS) is 18.3. The molecule has 0 saturated carbocycles. The molecule has 0 unspecified atom stereocenters. The highest BCUT2D eigenvalue weighted by Gasteiger charge is 2.38. The van der Waals surface area contributed by atoms with Crippen LogP contribution in [-0.2, 0) is 17.5 Å². The van der Waals surface area contributed by atoms with E-state index < -0.39 is 11.9 Å². The zero-order valence-electron chi connectivity index (χ0n) is 14.7. The molecule has 3 heterocycles. The van der Waals surface area contributed by atoms with Crippen molar-refractivity contribution in [2.24, 2.45) is 4.99 Å². The number of furan rings is 1. The van der Waals surface area contributed by atoms with E-state index in [1.165, 1.54) is 19.2 Å². The smallest absolute Gasteiger partial charge is 0.449 e. The van der Waals surface area contributed by atoms with Gasteiger partial charge >= 0.3 is 6.18 Å². The Bertz CT molecular complexity index is 1050. The molecule has 28 heavy (non-hydrogen) atoms. The number of hydrogen-bond donors (Lipinski definition) is 1. The Morgan fingerprint density at radius 2 is 2.25 bits per heavy atom. The Morgan fingerprint density at radius 3 is 3.04 bits per heavy atom. The minimum Gasteiger partial charge on any atom is -0.456 e. The van der Waals surface area contributed by atoms with E-state index >= 15 is 0 Å². The fourth-order valence-corrected chi connectivity index (χ4v) is 3.08. The molecule has 1 aromatic heterocycles. The largest absolute Gasteiger partial charge is 0.456 e. The first-order valence-corrected chi connectivity index (χ1v) is 8.41. The molecular formula is C19H14F3N4O2+. The molecule has 0 bridgehead atoms. The monoisotopic (exact) mass is 387 g/mol. The summed E-state index contributed by atoms with van der Waals surface area (Å²) in [6.45, 7) is 1.30. The van der Waals surface area contributed by atoms with Gasteiger partial charge in [0.1, 0.15) is 17.0 Å². The molecular weight excluding hydrogens is 373 g/mol. The summed E-state index contributed by atoms with van der Waals surface area (Å²) >= 11 is 0. The molecule has 4 rings (SSSR count). The second-order valence-electron chi connectivity index (χ2n) is 6.33. The summed E-state index contributed by atoms with van der Waals surface area (Å²) in [7, 11) is 0. The zero-order valence-corrected chi connectivity index (χ0v) is 14.7. The van der Waals surface area contributed by atoms with E-state index in [2.05, 4.69) is 20.3 Å². The Morgan fingerprint density at radius 1 is 1.43 bits per heavy atom. The Kier molecular flexibility index (Phi) is 4.24. The topological polar surface area (TPSA) is 82.8 Å². The molecule has 1 aromatic rings. The maximum atomic E-state index is 13.1. The number of guanidine groups is 1. The van der Waals surface area contributed by atoms with Gasteiger partial charge in [0.2, 0.25) is 5.76 Å². The van der Waals surface area contributed by atoms with Crippen LogP contribution in [0.3, 0.4) is 0 Å². The second-order valence-corrected chi connectivity index (χ2v) is 6.33. The number of amides is 1. The lowest BCUT2D eigenvalue weighted by atomic mass is 9.97. The number of aryl methyl sites for hydroxylation is 1. The van der Waals surface area contributed by atoms with Gasteiger partial charge in [-0.25, -0.2) is 0 Å². The Labute approximate surface area is 158 Å². The lowest BCUT2D eigenvalue weighted by Gasteiger charge is -2.14. The van der Waals surface area contributed by atoms with Crippen LogP contribution in [0.2, 0.25) is 0 Å². The van der Waals surface area contributed by atoms with Gasteiger partial charge in [-0.3, -0.25) is 4.79 Å². The van der Waals surface area contributed by atoms with Gasteiger partial charge in [-0.15, -0.1) is 0 Å². The van der Waals surface area contributed by atoms with Crippen LogP contribution >= 0.6 is 0 Å². The molecule has 0 fully saturated rings. The van der Waals surface area contributed by atoms with Gasteiger partial charge in [-0.1, -0.05) is 0 Å². The summed E-state index contributed by atoms with van der Waals surface area (Å²) in [4.78, 5) is 16.0. The van der Waals surface area contributed by atoms with Crippen LogP contribution in [0.5, 0.6) is 0 Å². The standard InChI is InChI=1S/C19H13F3N4O2/c1-10-6-12(17(28-10)19(20,21)22)9-24-18-23-8-11-7-15(27)25-14-5-3-2-4-13(14)16(11)26-18/h2-6,8H,7,9H2,1H3/p+1. The number of alkyl halides is 3. The molecule has 0 saturated heterocycles. The lowest BCUT2D eigenvalue weighted by molar-refractivity contribution is -0.154. The van der Waals surface area contributed by atoms with Crippen molar-refractivity contribution in [1.29, 1.82) is 0 Å². The summed E-state index contributed by atoms with van der Waals surface area (Å²) in [6.07, 6.45) is 4.03. The number of carbonyl (C=O) groups excluding carboxylic acids is 1.